The minimum atomic E-state index is -0.0586. The summed E-state index contributed by atoms with van der Waals surface area (Å²) in [4.78, 5) is 16.4. The van der Waals surface area contributed by atoms with Crippen molar-refractivity contribution in [3.8, 4) is 5.75 Å². The van der Waals surface area contributed by atoms with Gasteiger partial charge in [-0.2, -0.15) is 0 Å². The molecule has 1 amide bonds. The van der Waals surface area contributed by atoms with Gasteiger partial charge in [0.1, 0.15) is 5.75 Å². The van der Waals surface area contributed by atoms with Gasteiger partial charge in [0.05, 0.1) is 5.02 Å². The van der Waals surface area contributed by atoms with Gasteiger partial charge in [-0.3, -0.25) is 4.79 Å². The van der Waals surface area contributed by atoms with Crippen LogP contribution in [-0.2, 0) is 4.79 Å². The fourth-order valence-electron chi connectivity index (χ4n) is 2.71. The lowest BCUT2D eigenvalue weighted by Gasteiger charge is -2.36. The zero-order valence-electron chi connectivity index (χ0n) is 13.4. The van der Waals surface area contributed by atoms with Gasteiger partial charge in [0.2, 0.25) is 0 Å². The van der Waals surface area contributed by atoms with Gasteiger partial charge in [-0.25, -0.2) is 0 Å². The first-order chi connectivity index (χ1) is 12.0. The van der Waals surface area contributed by atoms with Crippen molar-refractivity contribution >= 4 is 46.4 Å². The lowest BCUT2D eigenvalue weighted by molar-refractivity contribution is -0.133. The summed E-state index contributed by atoms with van der Waals surface area (Å²) in [6.45, 7) is 2.76. The molecule has 1 heterocycles. The molecule has 0 aromatic heterocycles. The number of nitrogens with zero attached hydrogens (tertiary/aromatic N) is 2. The first kappa shape index (κ1) is 18.2. The monoisotopic (exact) mass is 398 g/mol. The van der Waals surface area contributed by atoms with Crippen LogP contribution in [0.15, 0.2) is 42.5 Å². The Morgan fingerprint density at radius 1 is 0.960 bits per heavy atom. The van der Waals surface area contributed by atoms with E-state index in [1.165, 1.54) is 0 Å². The molecule has 3 rings (SSSR count). The zero-order chi connectivity index (χ0) is 17.8. The van der Waals surface area contributed by atoms with E-state index in [1.54, 1.807) is 23.1 Å². The number of halogens is 3. The van der Waals surface area contributed by atoms with E-state index < -0.39 is 0 Å². The maximum Gasteiger partial charge on any atom is 0.260 e. The molecule has 1 saturated heterocycles. The predicted octanol–water partition coefficient (Wildman–Crippen LogP) is 4.37. The minimum absolute atomic E-state index is 0.0431. The maximum atomic E-state index is 12.3. The van der Waals surface area contributed by atoms with Gasteiger partial charge in [-0.15, -0.1) is 0 Å². The third kappa shape index (κ3) is 4.72. The molecule has 132 valence electrons. The molecule has 0 saturated carbocycles. The number of hydrogen-bond acceptors (Lipinski definition) is 3. The van der Waals surface area contributed by atoms with Crippen LogP contribution in [0.2, 0.25) is 15.1 Å². The molecule has 1 aliphatic rings. The van der Waals surface area contributed by atoms with Gasteiger partial charge in [0.25, 0.3) is 5.91 Å². The van der Waals surface area contributed by atoms with E-state index in [2.05, 4.69) is 4.90 Å². The normalized spacial score (nSPS) is 14.5. The number of hydrogen-bond donors (Lipinski definition) is 0. The molecule has 0 aliphatic carbocycles. The van der Waals surface area contributed by atoms with Crippen LogP contribution in [0.25, 0.3) is 0 Å². The van der Waals surface area contributed by atoms with Crippen LogP contribution in [0.3, 0.4) is 0 Å². The molecule has 2 aromatic carbocycles. The first-order valence-corrected chi connectivity index (χ1v) is 9.02. The molecule has 1 aliphatic heterocycles. The van der Waals surface area contributed by atoms with Crippen molar-refractivity contribution in [1.82, 2.24) is 4.90 Å². The van der Waals surface area contributed by atoms with E-state index in [0.717, 1.165) is 18.8 Å². The van der Waals surface area contributed by atoms with Gasteiger partial charge in [-0.05, 0) is 36.4 Å². The van der Waals surface area contributed by atoms with Crippen molar-refractivity contribution in [2.75, 3.05) is 37.7 Å². The van der Waals surface area contributed by atoms with E-state index in [9.17, 15) is 4.79 Å². The fraction of sp³-hybridized carbons (Fsp3) is 0.278. The predicted molar refractivity (Wildman–Crippen MR) is 102 cm³/mol. The molecule has 0 radical (unpaired) electrons. The summed E-state index contributed by atoms with van der Waals surface area (Å²) in [6, 6.07) is 12.7. The second-order valence-corrected chi connectivity index (χ2v) is 6.99. The van der Waals surface area contributed by atoms with Crippen molar-refractivity contribution < 1.29 is 9.53 Å². The number of amides is 1. The second-order valence-electron chi connectivity index (χ2n) is 5.71. The molecule has 7 heteroatoms. The Hall–Kier alpha value is -1.62. The van der Waals surface area contributed by atoms with Crippen LogP contribution in [0.4, 0.5) is 5.69 Å². The fourth-order valence-corrected chi connectivity index (χ4v) is 3.36. The van der Waals surface area contributed by atoms with Crippen LogP contribution < -0.4 is 9.64 Å². The summed E-state index contributed by atoms with van der Waals surface area (Å²) in [6.07, 6.45) is 0. The lowest BCUT2D eigenvalue weighted by Crippen LogP contribution is -2.50. The molecule has 0 spiro atoms. The first-order valence-electron chi connectivity index (χ1n) is 7.89. The summed E-state index contributed by atoms with van der Waals surface area (Å²) >= 11 is 17.9. The van der Waals surface area contributed by atoms with Crippen molar-refractivity contribution in [3.63, 3.8) is 0 Å². The summed E-state index contributed by atoms with van der Waals surface area (Å²) in [5.41, 5.74) is 1.07. The number of anilines is 1. The van der Waals surface area contributed by atoms with Gasteiger partial charge in [-0.1, -0.05) is 40.9 Å². The SMILES string of the molecule is O=C(COc1ccc(Cl)cc1Cl)N1CCN(c2cccc(Cl)c2)CC1. The average molecular weight is 400 g/mol. The molecule has 4 nitrogen and oxygen atoms in total. The molecule has 0 bridgehead atoms. The highest BCUT2D eigenvalue weighted by Crippen LogP contribution is 2.27. The number of ether oxygens (including phenoxy) is 1. The quantitative estimate of drug-likeness (QED) is 0.765. The third-order valence-corrected chi connectivity index (χ3v) is 4.82. The average Bonchev–Trinajstić information content (AvgIpc) is 2.61. The summed E-state index contributed by atoms with van der Waals surface area (Å²) in [5, 5.41) is 1.64. The van der Waals surface area contributed by atoms with Crippen molar-refractivity contribution in [2.45, 2.75) is 0 Å². The van der Waals surface area contributed by atoms with Gasteiger partial charge in [0.15, 0.2) is 6.61 Å². The molecular formula is C18H17Cl3N2O2. The topological polar surface area (TPSA) is 32.8 Å². The van der Waals surface area contributed by atoms with E-state index in [-0.39, 0.29) is 12.5 Å². The smallest absolute Gasteiger partial charge is 0.260 e. The maximum absolute atomic E-state index is 12.3. The van der Waals surface area contributed by atoms with E-state index in [4.69, 9.17) is 39.5 Å². The molecule has 0 unspecified atom stereocenters. The van der Waals surface area contributed by atoms with Crippen molar-refractivity contribution in [1.29, 1.82) is 0 Å². The Balaban J connectivity index is 1.51. The minimum Gasteiger partial charge on any atom is -0.482 e. The van der Waals surface area contributed by atoms with Crippen LogP contribution in [-0.4, -0.2) is 43.6 Å². The summed E-state index contributed by atoms with van der Waals surface area (Å²) < 4.78 is 5.52. The molecule has 2 aromatic rings. The molecule has 0 atom stereocenters. The Labute approximate surface area is 161 Å². The van der Waals surface area contributed by atoms with Crippen molar-refractivity contribution in [3.05, 3.63) is 57.5 Å². The number of carbonyl (C=O) groups is 1. The Kier molecular flexibility index (Phi) is 5.94. The number of piperazine rings is 1. The van der Waals surface area contributed by atoms with Crippen LogP contribution >= 0.6 is 34.8 Å². The highest BCUT2D eigenvalue weighted by molar-refractivity contribution is 6.35. The van der Waals surface area contributed by atoms with E-state index >= 15 is 0 Å². The van der Waals surface area contributed by atoms with Crippen molar-refractivity contribution in [2.24, 2.45) is 0 Å². The Bertz CT molecular complexity index is 762. The highest BCUT2D eigenvalue weighted by Gasteiger charge is 2.22. The second kappa shape index (κ2) is 8.17. The zero-order valence-corrected chi connectivity index (χ0v) is 15.7. The Morgan fingerprint density at radius 3 is 2.36 bits per heavy atom. The number of carbonyl (C=O) groups excluding carboxylic acids is 1. The lowest BCUT2D eigenvalue weighted by atomic mass is 10.2. The van der Waals surface area contributed by atoms with Crippen LogP contribution in [0.5, 0.6) is 5.75 Å². The van der Waals surface area contributed by atoms with Gasteiger partial charge < -0.3 is 14.5 Å². The van der Waals surface area contributed by atoms with E-state index in [1.807, 2.05) is 24.3 Å². The third-order valence-electron chi connectivity index (χ3n) is 4.05. The summed E-state index contributed by atoms with van der Waals surface area (Å²) in [7, 11) is 0. The van der Waals surface area contributed by atoms with Crippen LogP contribution in [0, 0.1) is 0 Å². The number of benzene rings is 2. The molecule has 25 heavy (non-hydrogen) atoms. The highest BCUT2D eigenvalue weighted by atomic mass is 35.5. The largest absolute Gasteiger partial charge is 0.482 e. The molecule has 0 N–H and O–H groups in total. The Morgan fingerprint density at radius 2 is 1.68 bits per heavy atom. The van der Waals surface area contributed by atoms with Gasteiger partial charge in [0, 0.05) is 41.9 Å². The summed E-state index contributed by atoms with van der Waals surface area (Å²) in [5.74, 6) is 0.397. The van der Waals surface area contributed by atoms with E-state index in [0.29, 0.717) is 33.9 Å². The molecular weight excluding hydrogens is 383 g/mol. The standard InChI is InChI=1S/C18H17Cl3N2O2/c19-13-2-1-3-15(10-13)22-6-8-23(9-7-22)18(24)12-25-17-5-4-14(20)11-16(17)21/h1-5,10-11H,6-9,12H2. The molecule has 1 fully saturated rings. The van der Waals surface area contributed by atoms with Gasteiger partial charge >= 0.3 is 0 Å². The van der Waals surface area contributed by atoms with Crippen LogP contribution in [0.1, 0.15) is 0 Å². The number of rotatable bonds is 4.